The largest absolute Gasteiger partial charge is 0.466 e. The number of halogens is 1. The Morgan fingerprint density at radius 2 is 2.00 bits per heavy atom. The smallest absolute Gasteiger partial charge is 0.230 e. The topological polar surface area (TPSA) is 42.2 Å². The first kappa shape index (κ1) is 14.7. The van der Waals surface area contributed by atoms with E-state index in [2.05, 4.69) is 5.32 Å². The molecule has 1 heterocycles. The average Bonchev–Trinajstić information content (AvgIpc) is 2.74. The molecular formula is C15H16FNO2S. The van der Waals surface area contributed by atoms with Crippen LogP contribution in [0.4, 0.5) is 4.39 Å². The van der Waals surface area contributed by atoms with Gasteiger partial charge in [-0.05, 0) is 44.2 Å². The molecule has 1 aromatic heterocycles. The van der Waals surface area contributed by atoms with E-state index in [1.165, 1.54) is 23.9 Å². The van der Waals surface area contributed by atoms with Crippen LogP contribution >= 0.6 is 11.8 Å². The summed E-state index contributed by atoms with van der Waals surface area (Å²) < 4.78 is 18.1. The summed E-state index contributed by atoms with van der Waals surface area (Å²) in [5.41, 5.74) is 0.989. The number of carbonyl (C=O) groups is 1. The van der Waals surface area contributed by atoms with Gasteiger partial charge in [0.25, 0.3) is 0 Å². The van der Waals surface area contributed by atoms with Gasteiger partial charge in [-0.15, -0.1) is 11.8 Å². The predicted octanol–water partition coefficient (Wildman–Crippen LogP) is 3.44. The van der Waals surface area contributed by atoms with E-state index in [-0.39, 0.29) is 11.7 Å². The highest BCUT2D eigenvalue weighted by molar-refractivity contribution is 8.00. The number of amides is 1. The van der Waals surface area contributed by atoms with E-state index < -0.39 is 0 Å². The van der Waals surface area contributed by atoms with Gasteiger partial charge < -0.3 is 9.73 Å². The van der Waals surface area contributed by atoms with E-state index in [1.54, 1.807) is 12.1 Å². The molecule has 3 nitrogen and oxygen atoms in total. The van der Waals surface area contributed by atoms with Crippen LogP contribution in [0.15, 0.2) is 39.6 Å². The minimum Gasteiger partial charge on any atom is -0.466 e. The zero-order valence-electron chi connectivity index (χ0n) is 11.4. The summed E-state index contributed by atoms with van der Waals surface area (Å²) in [6, 6.07) is 8.02. The predicted molar refractivity (Wildman–Crippen MR) is 77.2 cm³/mol. The molecule has 0 spiro atoms. The lowest BCUT2D eigenvalue weighted by Gasteiger charge is -2.04. The van der Waals surface area contributed by atoms with Gasteiger partial charge >= 0.3 is 0 Å². The minimum absolute atomic E-state index is 0.0578. The van der Waals surface area contributed by atoms with Crippen LogP contribution in [-0.4, -0.2) is 11.7 Å². The molecule has 0 aliphatic carbocycles. The highest BCUT2D eigenvalue weighted by Crippen LogP contribution is 2.18. The number of carbonyl (C=O) groups excluding carboxylic acids is 1. The van der Waals surface area contributed by atoms with Crippen LogP contribution in [-0.2, 0) is 11.3 Å². The Kier molecular flexibility index (Phi) is 4.84. The van der Waals surface area contributed by atoms with Crippen molar-refractivity contribution in [3.8, 4) is 0 Å². The molecular weight excluding hydrogens is 277 g/mol. The lowest BCUT2D eigenvalue weighted by molar-refractivity contribution is -0.118. The first-order valence-electron chi connectivity index (χ1n) is 6.25. The number of rotatable bonds is 5. The van der Waals surface area contributed by atoms with Crippen LogP contribution in [0.2, 0.25) is 0 Å². The molecule has 2 aromatic rings. The molecule has 1 N–H and O–H groups in total. The van der Waals surface area contributed by atoms with Crippen molar-refractivity contribution in [1.82, 2.24) is 5.32 Å². The Hall–Kier alpha value is -1.75. The number of hydrogen-bond donors (Lipinski definition) is 1. The van der Waals surface area contributed by atoms with Gasteiger partial charge in [-0.25, -0.2) is 4.39 Å². The molecule has 0 saturated carbocycles. The van der Waals surface area contributed by atoms with Gasteiger partial charge in [0.1, 0.15) is 17.3 Å². The Morgan fingerprint density at radius 1 is 1.30 bits per heavy atom. The van der Waals surface area contributed by atoms with Gasteiger partial charge in [-0.1, -0.05) is 0 Å². The van der Waals surface area contributed by atoms with E-state index in [9.17, 15) is 9.18 Å². The molecule has 0 radical (unpaired) electrons. The average molecular weight is 293 g/mol. The minimum atomic E-state index is -0.274. The van der Waals surface area contributed by atoms with Crippen LogP contribution in [0.3, 0.4) is 0 Å². The van der Waals surface area contributed by atoms with E-state index >= 15 is 0 Å². The maximum atomic E-state index is 12.7. The first-order valence-corrected chi connectivity index (χ1v) is 7.24. The molecule has 0 aliphatic rings. The van der Waals surface area contributed by atoms with Crippen molar-refractivity contribution in [1.29, 1.82) is 0 Å². The Bertz CT molecular complexity index is 592. The fourth-order valence-electron chi connectivity index (χ4n) is 1.78. The van der Waals surface area contributed by atoms with Gasteiger partial charge in [0.05, 0.1) is 5.75 Å². The van der Waals surface area contributed by atoms with Crippen molar-refractivity contribution in [3.63, 3.8) is 0 Å². The zero-order chi connectivity index (χ0) is 14.5. The van der Waals surface area contributed by atoms with Crippen molar-refractivity contribution in [3.05, 3.63) is 53.2 Å². The summed E-state index contributed by atoms with van der Waals surface area (Å²) in [4.78, 5) is 12.6. The second-order valence-electron chi connectivity index (χ2n) is 4.46. The number of thioether (sulfide) groups is 1. The lowest BCUT2D eigenvalue weighted by atomic mass is 10.2. The number of benzene rings is 1. The molecule has 0 bridgehead atoms. The van der Waals surface area contributed by atoms with E-state index in [4.69, 9.17) is 4.42 Å². The summed E-state index contributed by atoms with van der Waals surface area (Å²) in [7, 11) is 0. The number of aryl methyl sites for hydroxylation is 2. The van der Waals surface area contributed by atoms with Gasteiger partial charge in [0.15, 0.2) is 0 Å². The third kappa shape index (κ3) is 4.13. The molecule has 20 heavy (non-hydrogen) atoms. The Morgan fingerprint density at radius 3 is 2.60 bits per heavy atom. The third-order valence-electron chi connectivity index (χ3n) is 2.80. The Labute approximate surface area is 121 Å². The Balaban J connectivity index is 1.78. The van der Waals surface area contributed by atoms with E-state index in [0.717, 1.165) is 22.0 Å². The maximum absolute atomic E-state index is 12.7. The maximum Gasteiger partial charge on any atom is 0.230 e. The lowest BCUT2D eigenvalue weighted by Crippen LogP contribution is -2.24. The highest BCUT2D eigenvalue weighted by Gasteiger charge is 2.07. The van der Waals surface area contributed by atoms with Gasteiger partial charge in [-0.2, -0.15) is 0 Å². The molecule has 0 atom stereocenters. The molecule has 2 rings (SSSR count). The zero-order valence-corrected chi connectivity index (χ0v) is 12.2. The van der Waals surface area contributed by atoms with Crippen molar-refractivity contribution >= 4 is 17.7 Å². The summed E-state index contributed by atoms with van der Waals surface area (Å²) >= 11 is 1.38. The molecule has 0 unspecified atom stereocenters. The van der Waals surface area contributed by atoms with Crippen molar-refractivity contribution in [2.45, 2.75) is 25.3 Å². The number of nitrogens with one attached hydrogen (secondary N) is 1. The van der Waals surface area contributed by atoms with E-state index in [0.29, 0.717) is 12.3 Å². The number of furan rings is 1. The highest BCUT2D eigenvalue weighted by atomic mass is 32.2. The van der Waals surface area contributed by atoms with Gasteiger partial charge in [0, 0.05) is 17.0 Å². The fraction of sp³-hybridized carbons (Fsp3) is 0.267. The van der Waals surface area contributed by atoms with Crippen molar-refractivity contribution in [2.24, 2.45) is 0 Å². The fourth-order valence-corrected chi connectivity index (χ4v) is 2.51. The normalized spacial score (nSPS) is 10.6. The standard InChI is InChI=1S/C15H16FNO2S/c1-10-7-12(11(2)19-10)8-17-15(18)9-20-14-5-3-13(16)4-6-14/h3-7H,8-9H2,1-2H3,(H,17,18). The molecule has 5 heteroatoms. The molecule has 106 valence electrons. The summed E-state index contributed by atoms with van der Waals surface area (Å²) in [5.74, 6) is 1.64. The quantitative estimate of drug-likeness (QED) is 0.859. The van der Waals surface area contributed by atoms with Crippen LogP contribution in [0.1, 0.15) is 17.1 Å². The van der Waals surface area contributed by atoms with Crippen molar-refractivity contribution < 1.29 is 13.6 Å². The summed E-state index contributed by atoms with van der Waals surface area (Å²) in [6.45, 7) is 4.22. The van der Waals surface area contributed by atoms with Crippen LogP contribution in [0, 0.1) is 19.7 Å². The van der Waals surface area contributed by atoms with Crippen molar-refractivity contribution in [2.75, 3.05) is 5.75 Å². The molecule has 0 saturated heterocycles. The molecule has 0 aliphatic heterocycles. The van der Waals surface area contributed by atoms with Crippen LogP contribution in [0.25, 0.3) is 0 Å². The third-order valence-corrected chi connectivity index (χ3v) is 3.82. The second kappa shape index (κ2) is 6.61. The van der Waals surface area contributed by atoms with E-state index in [1.807, 2.05) is 19.9 Å². The molecule has 1 aromatic carbocycles. The number of hydrogen-bond acceptors (Lipinski definition) is 3. The molecule has 0 fully saturated rings. The first-order chi connectivity index (χ1) is 9.54. The summed E-state index contributed by atoms with van der Waals surface area (Å²) in [6.07, 6.45) is 0. The second-order valence-corrected chi connectivity index (χ2v) is 5.51. The SMILES string of the molecule is Cc1cc(CNC(=O)CSc2ccc(F)cc2)c(C)o1. The molecule has 1 amide bonds. The summed E-state index contributed by atoms with van der Waals surface area (Å²) in [5, 5.41) is 2.84. The monoisotopic (exact) mass is 293 g/mol. The van der Waals surface area contributed by atoms with Crippen LogP contribution in [0.5, 0.6) is 0 Å². The van der Waals surface area contributed by atoms with Gasteiger partial charge in [0.2, 0.25) is 5.91 Å². The van der Waals surface area contributed by atoms with Gasteiger partial charge in [-0.3, -0.25) is 4.79 Å². The van der Waals surface area contributed by atoms with Crippen LogP contribution < -0.4 is 5.32 Å².